The predicted octanol–water partition coefficient (Wildman–Crippen LogP) is 11.6. The first-order chi connectivity index (χ1) is 30.5. The van der Waals surface area contributed by atoms with Gasteiger partial charge >= 0.3 is 11.9 Å². The number of esters is 2. The lowest BCUT2D eigenvalue weighted by Crippen LogP contribution is -2.60. The van der Waals surface area contributed by atoms with Crippen LogP contribution >= 0.6 is 0 Å². The van der Waals surface area contributed by atoms with Crippen LogP contribution in [-0.2, 0) is 38.7 Å². The zero-order valence-electron chi connectivity index (χ0n) is 40.2. The van der Waals surface area contributed by atoms with Crippen molar-refractivity contribution in [3.05, 3.63) is 0 Å². The van der Waals surface area contributed by atoms with Gasteiger partial charge in [0.1, 0.15) is 36.8 Å². The number of aliphatic hydroxyl groups excluding tert-OH is 3. The van der Waals surface area contributed by atoms with Crippen molar-refractivity contribution in [3.63, 3.8) is 0 Å². The molecule has 0 aliphatic carbocycles. The molecule has 0 aromatic heterocycles. The zero-order chi connectivity index (χ0) is 46.2. The Morgan fingerprint density at radius 3 is 1.16 bits per heavy atom. The van der Waals surface area contributed by atoms with Crippen molar-refractivity contribution in [2.24, 2.45) is 0 Å². The van der Waals surface area contributed by atoms with Crippen LogP contribution in [0.4, 0.5) is 0 Å². The molecule has 6 unspecified atom stereocenters. The molecule has 1 heterocycles. The van der Waals surface area contributed by atoms with Crippen LogP contribution in [0.15, 0.2) is 0 Å². The number of aliphatic hydroxyl groups is 3. The highest BCUT2D eigenvalue weighted by molar-refractivity contribution is 7.85. The summed E-state index contributed by atoms with van der Waals surface area (Å²) in [5.74, 6) is -1.96. The third-order valence-electron chi connectivity index (χ3n) is 12.4. The van der Waals surface area contributed by atoms with E-state index in [9.17, 15) is 37.9 Å². The van der Waals surface area contributed by atoms with Gasteiger partial charge in [-0.2, -0.15) is 8.42 Å². The topological polar surface area (TPSA) is 186 Å². The molecule has 63 heavy (non-hydrogen) atoms. The average Bonchev–Trinajstić information content (AvgIpc) is 3.25. The lowest BCUT2D eigenvalue weighted by atomic mass is 10.00. The summed E-state index contributed by atoms with van der Waals surface area (Å²) >= 11 is 0. The van der Waals surface area contributed by atoms with Crippen molar-refractivity contribution in [2.75, 3.05) is 19.0 Å². The van der Waals surface area contributed by atoms with E-state index in [4.69, 9.17) is 18.9 Å². The van der Waals surface area contributed by atoms with Gasteiger partial charge in [-0.25, -0.2) is 0 Å². The molecule has 0 saturated carbocycles. The maximum Gasteiger partial charge on any atom is 0.306 e. The highest BCUT2D eigenvalue weighted by atomic mass is 32.2. The normalized spacial score (nSPS) is 19.6. The van der Waals surface area contributed by atoms with Crippen LogP contribution in [-0.4, -0.2) is 96.0 Å². The zero-order valence-corrected chi connectivity index (χ0v) is 41.0. The smallest absolute Gasteiger partial charge is 0.306 e. The van der Waals surface area contributed by atoms with Gasteiger partial charge < -0.3 is 34.3 Å². The summed E-state index contributed by atoms with van der Waals surface area (Å²) in [7, 11) is -4.60. The van der Waals surface area contributed by atoms with Crippen LogP contribution in [0.5, 0.6) is 0 Å². The predicted molar refractivity (Wildman–Crippen MR) is 252 cm³/mol. The molecule has 6 atom stereocenters. The summed E-state index contributed by atoms with van der Waals surface area (Å²) in [5, 5.41) is 31.0. The Bertz CT molecular complexity index is 1170. The number of unbranched alkanes of at least 4 members (excludes halogenated alkanes) is 33. The van der Waals surface area contributed by atoms with E-state index >= 15 is 0 Å². The van der Waals surface area contributed by atoms with Crippen LogP contribution in [0.2, 0.25) is 0 Å². The van der Waals surface area contributed by atoms with E-state index in [0.717, 1.165) is 38.5 Å². The molecule has 0 amide bonds. The van der Waals surface area contributed by atoms with Gasteiger partial charge in [-0.15, -0.1) is 0 Å². The largest absolute Gasteiger partial charge is 0.462 e. The molecular formula is C50H96O12S. The van der Waals surface area contributed by atoms with E-state index in [0.29, 0.717) is 12.8 Å². The summed E-state index contributed by atoms with van der Waals surface area (Å²) < 4.78 is 54.3. The lowest BCUT2D eigenvalue weighted by molar-refractivity contribution is -0.297. The average molecular weight is 921 g/mol. The third-order valence-corrected chi connectivity index (χ3v) is 13.2. The van der Waals surface area contributed by atoms with Gasteiger partial charge in [0.25, 0.3) is 10.1 Å². The summed E-state index contributed by atoms with van der Waals surface area (Å²) in [6.45, 7) is 3.82. The number of ether oxygens (including phenoxy) is 4. The second-order valence-corrected chi connectivity index (χ2v) is 20.1. The minimum absolute atomic E-state index is 0.173. The first-order valence-electron chi connectivity index (χ1n) is 26.1. The molecule has 0 aromatic carbocycles. The summed E-state index contributed by atoms with van der Waals surface area (Å²) in [4.78, 5) is 25.5. The fourth-order valence-electron chi connectivity index (χ4n) is 8.39. The third kappa shape index (κ3) is 35.5. The summed E-state index contributed by atoms with van der Waals surface area (Å²) in [5.41, 5.74) is 0. The Balaban J connectivity index is 2.35. The molecule has 4 N–H and O–H groups in total. The Morgan fingerprint density at radius 2 is 0.810 bits per heavy atom. The number of hydrogen-bond acceptors (Lipinski definition) is 11. The van der Waals surface area contributed by atoms with E-state index in [-0.39, 0.29) is 19.4 Å². The maximum absolute atomic E-state index is 12.9. The van der Waals surface area contributed by atoms with E-state index in [1.807, 2.05) is 0 Å². The molecule has 0 spiro atoms. The second-order valence-electron chi connectivity index (χ2n) is 18.6. The van der Waals surface area contributed by atoms with Gasteiger partial charge in [-0.1, -0.05) is 226 Å². The van der Waals surface area contributed by atoms with Gasteiger partial charge in [0.05, 0.1) is 6.61 Å². The quantitative estimate of drug-likeness (QED) is 0.0258. The fraction of sp³-hybridized carbons (Fsp3) is 0.960. The van der Waals surface area contributed by atoms with Gasteiger partial charge in [-0.05, 0) is 12.8 Å². The minimum atomic E-state index is -4.60. The van der Waals surface area contributed by atoms with Crippen LogP contribution in [0.25, 0.3) is 0 Å². The van der Waals surface area contributed by atoms with Crippen LogP contribution in [0, 0.1) is 0 Å². The molecule has 12 nitrogen and oxygen atoms in total. The first-order valence-corrected chi connectivity index (χ1v) is 27.7. The summed E-state index contributed by atoms with van der Waals surface area (Å²) in [6, 6.07) is 0. The van der Waals surface area contributed by atoms with Crippen LogP contribution in [0.3, 0.4) is 0 Å². The monoisotopic (exact) mass is 921 g/mol. The molecule has 0 aromatic rings. The molecule has 1 saturated heterocycles. The number of hydrogen-bond donors (Lipinski definition) is 4. The van der Waals surface area contributed by atoms with E-state index in [1.54, 1.807) is 0 Å². The van der Waals surface area contributed by atoms with Crippen molar-refractivity contribution < 1.29 is 56.8 Å². The Labute approximate surface area is 384 Å². The molecule has 374 valence electrons. The number of carbonyl (C=O) groups is 2. The Morgan fingerprint density at radius 1 is 0.476 bits per heavy atom. The van der Waals surface area contributed by atoms with Crippen molar-refractivity contribution >= 4 is 22.1 Å². The van der Waals surface area contributed by atoms with E-state index < -0.39 is 71.2 Å². The number of rotatable bonds is 45. The minimum Gasteiger partial charge on any atom is -0.462 e. The molecule has 1 aliphatic rings. The number of carbonyl (C=O) groups excluding carboxylic acids is 2. The second kappa shape index (κ2) is 40.9. The SMILES string of the molecule is CCCCCCCCCCCCCCCCCCCCC(=O)OC(COC(=O)CCCCCCCCCCCCCCCCCCC)COC1OC(CS(=O)(=O)O)C(O)C(O)C1O. The molecule has 1 rings (SSSR count). The van der Waals surface area contributed by atoms with Gasteiger partial charge in [0.15, 0.2) is 12.4 Å². The van der Waals surface area contributed by atoms with Crippen molar-refractivity contribution in [2.45, 2.75) is 288 Å². The Hall–Kier alpha value is -1.35. The van der Waals surface area contributed by atoms with Crippen LogP contribution in [0.1, 0.15) is 251 Å². The van der Waals surface area contributed by atoms with Gasteiger partial charge in [0, 0.05) is 12.8 Å². The Kier molecular flexibility index (Phi) is 38.7. The highest BCUT2D eigenvalue weighted by Crippen LogP contribution is 2.24. The van der Waals surface area contributed by atoms with E-state index in [1.165, 1.54) is 173 Å². The first kappa shape index (κ1) is 59.7. The van der Waals surface area contributed by atoms with Crippen molar-refractivity contribution in [1.29, 1.82) is 0 Å². The molecule has 1 aliphatic heterocycles. The highest BCUT2D eigenvalue weighted by Gasteiger charge is 2.46. The molecule has 1 fully saturated rings. The van der Waals surface area contributed by atoms with Crippen molar-refractivity contribution in [1.82, 2.24) is 0 Å². The fourth-order valence-corrected chi connectivity index (χ4v) is 9.08. The molecule has 0 radical (unpaired) electrons. The molecule has 0 bridgehead atoms. The lowest BCUT2D eigenvalue weighted by Gasteiger charge is -2.40. The standard InChI is InChI=1S/C50H96O12S/c1-3-5-7-9-11-13-15-17-19-21-23-25-27-29-31-33-35-37-39-46(52)61-43(41-60-50-49(55)48(54)47(53)44(62-50)42-63(56,57)58)40-59-45(51)38-36-34-32-30-28-26-24-22-20-18-16-14-12-10-8-6-4-2/h43-44,47-50,53-55H,3-42H2,1-2H3,(H,56,57,58). The summed E-state index contributed by atoms with van der Waals surface area (Å²) in [6.07, 6.45) is 34.2. The van der Waals surface area contributed by atoms with Crippen LogP contribution < -0.4 is 0 Å². The van der Waals surface area contributed by atoms with Gasteiger partial charge in [0.2, 0.25) is 0 Å². The molecular weight excluding hydrogens is 825 g/mol. The van der Waals surface area contributed by atoms with E-state index in [2.05, 4.69) is 13.8 Å². The van der Waals surface area contributed by atoms with Crippen molar-refractivity contribution in [3.8, 4) is 0 Å². The molecule has 13 heteroatoms. The maximum atomic E-state index is 12.9. The van der Waals surface area contributed by atoms with Gasteiger partial charge in [-0.3, -0.25) is 14.1 Å².